The Morgan fingerprint density at radius 1 is 1.18 bits per heavy atom. The Kier molecular flexibility index (Phi) is 4.98. The Balaban J connectivity index is 1.31. The van der Waals surface area contributed by atoms with E-state index in [4.69, 9.17) is 14.2 Å². The van der Waals surface area contributed by atoms with Crippen molar-refractivity contribution in [2.75, 3.05) is 51.9 Å². The van der Waals surface area contributed by atoms with Gasteiger partial charge in [0.1, 0.15) is 11.9 Å². The lowest BCUT2D eigenvalue weighted by Crippen LogP contribution is -2.50. The molecular formula is C17H19N5O6. The fourth-order valence-electron chi connectivity index (χ4n) is 3.11. The maximum atomic E-state index is 12.5. The first-order valence-corrected chi connectivity index (χ1v) is 8.70. The first-order valence-electron chi connectivity index (χ1n) is 8.70. The van der Waals surface area contributed by atoms with E-state index in [1.807, 2.05) is 4.90 Å². The molecule has 2 aliphatic rings. The number of anilines is 1. The molecule has 2 aromatic rings. The van der Waals surface area contributed by atoms with Crippen LogP contribution in [0.2, 0.25) is 0 Å². The minimum Gasteiger partial charge on any atom is -0.494 e. The number of benzene rings is 1. The molecule has 11 heteroatoms. The van der Waals surface area contributed by atoms with Crippen LogP contribution in [0.1, 0.15) is 10.5 Å². The second-order valence-electron chi connectivity index (χ2n) is 6.31. The van der Waals surface area contributed by atoms with Crippen molar-refractivity contribution in [1.82, 2.24) is 20.1 Å². The normalized spacial score (nSPS) is 16.1. The third-order valence-electron chi connectivity index (χ3n) is 4.58. The predicted molar refractivity (Wildman–Crippen MR) is 94.4 cm³/mol. The largest absolute Gasteiger partial charge is 0.494 e. The molecule has 148 valence electrons. The lowest BCUT2D eigenvalue weighted by molar-refractivity contribution is -0.117. The van der Waals surface area contributed by atoms with Crippen LogP contribution in [0, 0.1) is 0 Å². The molecule has 2 aliphatic heterocycles. The van der Waals surface area contributed by atoms with Gasteiger partial charge in [0.25, 0.3) is 5.91 Å². The maximum absolute atomic E-state index is 12.5. The second kappa shape index (κ2) is 7.72. The predicted octanol–water partition coefficient (Wildman–Crippen LogP) is 0.203. The summed E-state index contributed by atoms with van der Waals surface area (Å²) in [6.07, 6.45) is 1.29. The van der Waals surface area contributed by atoms with Crippen molar-refractivity contribution in [3.8, 4) is 17.2 Å². The van der Waals surface area contributed by atoms with Crippen molar-refractivity contribution < 1.29 is 28.4 Å². The Morgan fingerprint density at radius 2 is 1.93 bits per heavy atom. The summed E-state index contributed by atoms with van der Waals surface area (Å²) in [4.78, 5) is 28.3. The third kappa shape index (κ3) is 3.69. The number of carbonyl (C=O) groups is 2. The van der Waals surface area contributed by atoms with E-state index in [1.54, 1.807) is 17.0 Å². The van der Waals surface area contributed by atoms with E-state index in [2.05, 4.69) is 20.3 Å². The summed E-state index contributed by atoms with van der Waals surface area (Å²) in [6, 6.07) is 3.36. The molecular weight excluding hydrogens is 370 g/mol. The van der Waals surface area contributed by atoms with Crippen LogP contribution in [0.5, 0.6) is 17.2 Å². The molecule has 0 unspecified atom stereocenters. The van der Waals surface area contributed by atoms with Crippen molar-refractivity contribution in [2.45, 2.75) is 0 Å². The zero-order valence-electron chi connectivity index (χ0n) is 15.2. The molecule has 11 nitrogen and oxygen atoms in total. The number of hydrogen-bond donors (Lipinski definition) is 1. The van der Waals surface area contributed by atoms with Gasteiger partial charge in [-0.25, -0.2) is 4.63 Å². The molecule has 2 amide bonds. The zero-order chi connectivity index (χ0) is 19.5. The minimum absolute atomic E-state index is 0.142. The average molecular weight is 389 g/mol. The van der Waals surface area contributed by atoms with Crippen molar-refractivity contribution in [3.63, 3.8) is 0 Å². The van der Waals surface area contributed by atoms with E-state index in [0.717, 1.165) is 0 Å². The molecule has 1 N–H and O–H groups in total. The van der Waals surface area contributed by atoms with E-state index < -0.39 is 0 Å². The highest BCUT2D eigenvalue weighted by Gasteiger charge is 2.25. The second-order valence-corrected chi connectivity index (χ2v) is 6.31. The molecule has 1 aromatic carbocycles. The van der Waals surface area contributed by atoms with Crippen LogP contribution in [0.15, 0.2) is 23.0 Å². The Hall–Kier alpha value is -3.34. The smallest absolute Gasteiger partial charge is 0.277 e. The minimum atomic E-state index is -0.226. The van der Waals surface area contributed by atoms with Gasteiger partial charge in [0.15, 0.2) is 17.2 Å². The molecule has 0 saturated carbocycles. The highest BCUT2D eigenvalue weighted by Crippen LogP contribution is 2.40. The van der Waals surface area contributed by atoms with Gasteiger partial charge in [-0.15, -0.1) is 0 Å². The van der Waals surface area contributed by atoms with Crippen LogP contribution in [0.4, 0.5) is 5.69 Å². The molecule has 0 bridgehead atoms. The summed E-state index contributed by atoms with van der Waals surface area (Å²) >= 11 is 0. The van der Waals surface area contributed by atoms with Gasteiger partial charge in [-0.2, -0.15) is 0 Å². The Morgan fingerprint density at radius 3 is 2.61 bits per heavy atom. The van der Waals surface area contributed by atoms with Crippen LogP contribution in [0.25, 0.3) is 0 Å². The molecule has 1 saturated heterocycles. The number of methoxy groups -OCH3 is 1. The summed E-state index contributed by atoms with van der Waals surface area (Å²) in [7, 11) is 1.52. The summed E-state index contributed by atoms with van der Waals surface area (Å²) in [6.45, 7) is 2.47. The monoisotopic (exact) mass is 389 g/mol. The van der Waals surface area contributed by atoms with Gasteiger partial charge >= 0.3 is 0 Å². The van der Waals surface area contributed by atoms with Crippen LogP contribution >= 0.6 is 0 Å². The van der Waals surface area contributed by atoms with Crippen molar-refractivity contribution in [2.24, 2.45) is 0 Å². The van der Waals surface area contributed by atoms with Gasteiger partial charge in [-0.3, -0.25) is 14.5 Å². The van der Waals surface area contributed by atoms with E-state index >= 15 is 0 Å². The number of nitrogens with zero attached hydrogens (tertiary/aromatic N) is 4. The number of amides is 2. The average Bonchev–Trinajstić information content (AvgIpc) is 3.39. The fourth-order valence-corrected chi connectivity index (χ4v) is 3.11. The van der Waals surface area contributed by atoms with Crippen LogP contribution < -0.4 is 19.5 Å². The summed E-state index contributed by atoms with van der Waals surface area (Å²) in [5.41, 5.74) is 0.699. The maximum Gasteiger partial charge on any atom is 0.277 e. The molecule has 4 rings (SSSR count). The van der Waals surface area contributed by atoms with Gasteiger partial charge < -0.3 is 24.4 Å². The summed E-state index contributed by atoms with van der Waals surface area (Å²) in [5, 5.41) is 9.85. The third-order valence-corrected chi connectivity index (χ3v) is 4.58. The standard InChI is InChI=1S/C17H19N5O6/c1-25-13-7-15-14(26-10-27-15)6-11(13)19-16(23)9-21-2-4-22(5-3-21)17(24)12-8-18-28-20-12/h6-8H,2-5,9-10H2,1H3,(H,19,23). The van der Waals surface area contributed by atoms with Gasteiger partial charge in [-0.1, -0.05) is 5.16 Å². The van der Waals surface area contributed by atoms with Crippen molar-refractivity contribution in [3.05, 3.63) is 24.0 Å². The molecule has 0 radical (unpaired) electrons. The zero-order valence-corrected chi connectivity index (χ0v) is 15.2. The molecule has 28 heavy (non-hydrogen) atoms. The van der Waals surface area contributed by atoms with Crippen LogP contribution in [-0.4, -0.2) is 78.6 Å². The number of piperazine rings is 1. The van der Waals surface area contributed by atoms with E-state index in [9.17, 15) is 9.59 Å². The Labute approximate surface area is 160 Å². The first-order chi connectivity index (χ1) is 13.6. The van der Waals surface area contributed by atoms with E-state index in [0.29, 0.717) is 49.1 Å². The van der Waals surface area contributed by atoms with E-state index in [-0.39, 0.29) is 30.8 Å². The first kappa shape index (κ1) is 18.0. The lowest BCUT2D eigenvalue weighted by Gasteiger charge is -2.33. The topological polar surface area (TPSA) is 119 Å². The number of ether oxygens (including phenoxy) is 3. The molecule has 3 heterocycles. The molecule has 1 fully saturated rings. The van der Waals surface area contributed by atoms with Gasteiger partial charge in [0.05, 0.1) is 19.3 Å². The van der Waals surface area contributed by atoms with Crippen LogP contribution in [-0.2, 0) is 4.79 Å². The van der Waals surface area contributed by atoms with Crippen molar-refractivity contribution in [1.29, 1.82) is 0 Å². The number of aromatic nitrogens is 2. The number of nitrogens with one attached hydrogen (secondary N) is 1. The SMILES string of the molecule is COc1cc2c(cc1NC(=O)CN1CCN(C(=O)c3cnon3)CC1)OCO2. The van der Waals surface area contributed by atoms with Gasteiger partial charge in [0.2, 0.25) is 12.7 Å². The van der Waals surface area contributed by atoms with E-state index in [1.165, 1.54) is 13.3 Å². The van der Waals surface area contributed by atoms with Gasteiger partial charge in [0, 0.05) is 38.3 Å². The lowest BCUT2D eigenvalue weighted by atomic mass is 10.2. The summed E-state index contributed by atoms with van der Waals surface area (Å²) in [5.74, 6) is 1.23. The fraction of sp³-hybridized carbons (Fsp3) is 0.412. The molecule has 0 aliphatic carbocycles. The van der Waals surface area contributed by atoms with Crippen LogP contribution in [0.3, 0.4) is 0 Å². The highest BCUT2D eigenvalue weighted by atomic mass is 16.7. The number of fused-ring (bicyclic) bond motifs is 1. The molecule has 0 atom stereocenters. The number of rotatable bonds is 5. The van der Waals surface area contributed by atoms with Gasteiger partial charge in [-0.05, 0) is 5.16 Å². The highest BCUT2D eigenvalue weighted by molar-refractivity contribution is 5.94. The number of carbonyl (C=O) groups excluding carboxylic acids is 2. The quantitative estimate of drug-likeness (QED) is 0.765. The van der Waals surface area contributed by atoms with Crippen molar-refractivity contribution >= 4 is 17.5 Å². The summed E-state index contributed by atoms with van der Waals surface area (Å²) < 4.78 is 20.4. The molecule has 0 spiro atoms. The Bertz CT molecular complexity index is 863. The molecule has 1 aromatic heterocycles. The number of hydrogen-bond acceptors (Lipinski definition) is 9.